The van der Waals surface area contributed by atoms with Gasteiger partial charge in [0.05, 0.1) is 10.7 Å². The first-order chi connectivity index (χ1) is 8.38. The fourth-order valence-electron chi connectivity index (χ4n) is 2.16. The third-order valence-electron chi connectivity index (χ3n) is 2.80. The lowest BCUT2D eigenvalue weighted by molar-refractivity contribution is 0.597. The zero-order chi connectivity index (χ0) is 13.1. The Morgan fingerprint density at radius 3 is 2.78 bits per heavy atom. The fourth-order valence-corrected chi connectivity index (χ4v) is 4.39. The zero-order valence-electron chi connectivity index (χ0n) is 8.97. The van der Waals surface area contributed by atoms with E-state index in [9.17, 15) is 8.42 Å². The molecule has 0 amide bonds. The van der Waals surface area contributed by atoms with Gasteiger partial charge in [-0.05, 0) is 11.6 Å². The number of rotatable bonds is 1. The summed E-state index contributed by atoms with van der Waals surface area (Å²) in [5.41, 5.74) is 7.72. The van der Waals surface area contributed by atoms with Crippen LogP contribution in [0.25, 0.3) is 11.3 Å². The topological polar surface area (TPSA) is 99.1 Å². The molecule has 4 N–H and O–H groups in total. The summed E-state index contributed by atoms with van der Waals surface area (Å²) in [5, 5.41) is 5.82. The Labute approximate surface area is 112 Å². The van der Waals surface area contributed by atoms with Gasteiger partial charge in [-0.1, -0.05) is 17.7 Å². The first kappa shape index (κ1) is 11.9. The van der Waals surface area contributed by atoms with Crippen molar-refractivity contribution in [3.05, 3.63) is 27.6 Å². The maximum absolute atomic E-state index is 11.6. The van der Waals surface area contributed by atoms with Crippen molar-refractivity contribution in [2.75, 3.05) is 5.73 Å². The average molecular weight is 302 g/mol. The molecule has 1 aliphatic rings. The second kappa shape index (κ2) is 3.67. The Balaban J connectivity index is 2.34. The predicted octanol–water partition coefficient (Wildman–Crippen LogP) is 1.60. The molecule has 0 atom stereocenters. The van der Waals surface area contributed by atoms with E-state index in [0.29, 0.717) is 17.1 Å². The van der Waals surface area contributed by atoms with E-state index in [-0.39, 0.29) is 9.92 Å². The molecular formula is C10H8ClN3O2S2. The monoisotopic (exact) mass is 301 g/mol. The highest BCUT2D eigenvalue weighted by atomic mass is 35.5. The van der Waals surface area contributed by atoms with Crippen LogP contribution < -0.4 is 10.9 Å². The van der Waals surface area contributed by atoms with E-state index in [0.717, 1.165) is 16.1 Å². The zero-order valence-corrected chi connectivity index (χ0v) is 11.4. The summed E-state index contributed by atoms with van der Waals surface area (Å²) in [4.78, 5) is 5.13. The van der Waals surface area contributed by atoms with E-state index >= 15 is 0 Å². The summed E-state index contributed by atoms with van der Waals surface area (Å²) >= 11 is 7.28. The number of hydrogen-bond acceptors (Lipinski definition) is 5. The van der Waals surface area contributed by atoms with Gasteiger partial charge in [0.2, 0.25) is 10.0 Å². The summed E-state index contributed by atoms with van der Waals surface area (Å²) in [6, 6.07) is 3.27. The normalized spacial score (nSPS) is 13.4. The highest BCUT2D eigenvalue weighted by Crippen LogP contribution is 2.44. The summed E-state index contributed by atoms with van der Waals surface area (Å²) in [6.45, 7) is 0. The molecule has 0 unspecified atom stereocenters. The molecule has 1 heterocycles. The van der Waals surface area contributed by atoms with Crippen LogP contribution in [-0.2, 0) is 16.4 Å². The third-order valence-corrected chi connectivity index (χ3v) is 5.15. The molecule has 3 rings (SSSR count). The summed E-state index contributed by atoms with van der Waals surface area (Å²) in [6.07, 6.45) is 0.450. The van der Waals surface area contributed by atoms with Crippen LogP contribution in [0.5, 0.6) is 0 Å². The molecule has 18 heavy (non-hydrogen) atoms. The molecule has 2 aromatic rings. The Hall–Kier alpha value is -1.15. The van der Waals surface area contributed by atoms with Crippen LogP contribution >= 0.6 is 22.9 Å². The minimum absolute atomic E-state index is 0.00885. The van der Waals surface area contributed by atoms with E-state index in [1.165, 1.54) is 17.4 Å². The maximum atomic E-state index is 11.6. The van der Waals surface area contributed by atoms with Crippen molar-refractivity contribution in [1.82, 2.24) is 4.98 Å². The summed E-state index contributed by atoms with van der Waals surface area (Å²) in [5.74, 6) is 0. The number of anilines is 1. The molecule has 1 aromatic carbocycles. The quantitative estimate of drug-likeness (QED) is 0.713. The number of primary sulfonamides is 1. The molecular weight excluding hydrogens is 294 g/mol. The number of nitrogen functional groups attached to an aromatic ring is 1. The molecule has 0 bridgehead atoms. The Bertz CT molecular complexity index is 768. The van der Waals surface area contributed by atoms with Gasteiger partial charge in [-0.2, -0.15) is 0 Å². The van der Waals surface area contributed by atoms with Gasteiger partial charge in [0.1, 0.15) is 4.90 Å². The van der Waals surface area contributed by atoms with Crippen LogP contribution in [0, 0.1) is 0 Å². The van der Waals surface area contributed by atoms with Crippen molar-refractivity contribution in [3.8, 4) is 11.3 Å². The van der Waals surface area contributed by atoms with Crippen LogP contribution in [0.4, 0.5) is 5.13 Å². The highest BCUT2D eigenvalue weighted by molar-refractivity contribution is 7.89. The lowest BCUT2D eigenvalue weighted by Gasteiger charge is -2.08. The van der Waals surface area contributed by atoms with E-state index in [1.54, 1.807) is 6.07 Å². The summed E-state index contributed by atoms with van der Waals surface area (Å²) < 4.78 is 23.2. The number of thiazole rings is 1. The van der Waals surface area contributed by atoms with Crippen LogP contribution in [-0.4, -0.2) is 13.4 Å². The van der Waals surface area contributed by atoms with Gasteiger partial charge in [-0.15, -0.1) is 11.3 Å². The molecule has 0 saturated heterocycles. The second-order valence-electron chi connectivity index (χ2n) is 3.95. The number of hydrogen-bond donors (Lipinski definition) is 2. The molecule has 8 heteroatoms. The van der Waals surface area contributed by atoms with Crippen molar-refractivity contribution < 1.29 is 8.42 Å². The van der Waals surface area contributed by atoms with Crippen molar-refractivity contribution in [2.24, 2.45) is 5.14 Å². The van der Waals surface area contributed by atoms with Crippen LogP contribution in [0.1, 0.15) is 10.4 Å². The molecule has 0 saturated carbocycles. The first-order valence-corrected chi connectivity index (χ1v) is 7.71. The van der Waals surface area contributed by atoms with Crippen molar-refractivity contribution in [3.63, 3.8) is 0 Å². The highest BCUT2D eigenvalue weighted by Gasteiger charge is 2.30. The van der Waals surface area contributed by atoms with Gasteiger partial charge in [-0.25, -0.2) is 18.5 Å². The predicted molar refractivity (Wildman–Crippen MR) is 71.2 cm³/mol. The lowest BCUT2D eigenvalue weighted by atomic mass is 10.1. The van der Waals surface area contributed by atoms with Gasteiger partial charge < -0.3 is 5.73 Å². The average Bonchev–Trinajstić information content (AvgIpc) is 2.70. The maximum Gasteiger partial charge on any atom is 0.239 e. The number of sulfonamides is 1. The van der Waals surface area contributed by atoms with Gasteiger partial charge in [0.25, 0.3) is 0 Å². The van der Waals surface area contributed by atoms with Gasteiger partial charge in [-0.3, -0.25) is 0 Å². The van der Waals surface area contributed by atoms with Crippen molar-refractivity contribution in [1.29, 1.82) is 0 Å². The Morgan fingerprint density at radius 2 is 2.11 bits per heavy atom. The number of aromatic nitrogens is 1. The fraction of sp³-hybridized carbons (Fsp3) is 0.100. The molecule has 0 radical (unpaired) electrons. The number of nitrogens with zero attached hydrogens (tertiary/aromatic N) is 1. The SMILES string of the molecule is Nc1nc2c(s1)Cc1c-2ccc(Cl)c1S(N)(=O)=O. The second-order valence-corrected chi connectivity index (χ2v) is 6.97. The van der Waals surface area contributed by atoms with E-state index in [2.05, 4.69) is 4.98 Å². The van der Waals surface area contributed by atoms with Crippen LogP contribution in [0.3, 0.4) is 0 Å². The van der Waals surface area contributed by atoms with E-state index in [1.807, 2.05) is 0 Å². The molecule has 0 spiro atoms. The molecule has 1 aromatic heterocycles. The standard InChI is InChI=1S/C10H8ClN3O2S2/c11-6-2-1-4-5(9(6)18(13,15)16)3-7-8(4)14-10(12)17-7/h1-2H,3H2,(H2,12,14)(H2,13,15,16). The van der Waals surface area contributed by atoms with Crippen molar-refractivity contribution >= 4 is 38.1 Å². The minimum atomic E-state index is -3.85. The van der Waals surface area contributed by atoms with Crippen molar-refractivity contribution in [2.45, 2.75) is 11.3 Å². The number of halogens is 1. The molecule has 0 aliphatic heterocycles. The number of nitrogens with two attached hydrogens (primary N) is 2. The van der Waals surface area contributed by atoms with Gasteiger partial charge >= 0.3 is 0 Å². The Kier molecular flexibility index (Phi) is 2.43. The molecule has 0 fully saturated rings. The minimum Gasteiger partial charge on any atom is -0.375 e. The van der Waals surface area contributed by atoms with Gasteiger partial charge in [0, 0.05) is 16.9 Å². The van der Waals surface area contributed by atoms with E-state index in [4.69, 9.17) is 22.5 Å². The van der Waals surface area contributed by atoms with Crippen LogP contribution in [0.2, 0.25) is 5.02 Å². The molecule has 94 valence electrons. The third kappa shape index (κ3) is 1.63. The van der Waals surface area contributed by atoms with Crippen LogP contribution in [0.15, 0.2) is 17.0 Å². The number of fused-ring (bicyclic) bond motifs is 3. The smallest absolute Gasteiger partial charge is 0.239 e. The Morgan fingerprint density at radius 1 is 1.39 bits per heavy atom. The first-order valence-electron chi connectivity index (χ1n) is 4.97. The van der Waals surface area contributed by atoms with E-state index < -0.39 is 10.0 Å². The largest absolute Gasteiger partial charge is 0.375 e. The molecule has 1 aliphatic carbocycles. The number of benzene rings is 1. The summed E-state index contributed by atoms with van der Waals surface area (Å²) in [7, 11) is -3.85. The van der Waals surface area contributed by atoms with Gasteiger partial charge in [0.15, 0.2) is 5.13 Å². The molecule has 5 nitrogen and oxygen atoms in total. The lowest BCUT2D eigenvalue weighted by Crippen LogP contribution is -2.15.